The molecule has 2 N–H and O–H groups in total. The van der Waals surface area contributed by atoms with Gasteiger partial charge in [-0.05, 0) is 23.8 Å². The number of nitrogen functional groups attached to an aromatic ring is 1. The van der Waals surface area contributed by atoms with Crippen molar-refractivity contribution in [2.75, 3.05) is 12.0 Å². The lowest BCUT2D eigenvalue weighted by molar-refractivity contribution is 0.602. The van der Waals surface area contributed by atoms with Crippen LogP contribution in [0, 0.1) is 0 Å². The minimum atomic E-state index is -3.15. The van der Waals surface area contributed by atoms with Gasteiger partial charge in [-0.3, -0.25) is 4.98 Å². The number of pyridine rings is 1. The summed E-state index contributed by atoms with van der Waals surface area (Å²) < 4.78 is 22.6. The van der Waals surface area contributed by atoms with Crippen molar-refractivity contribution < 1.29 is 8.42 Å². The van der Waals surface area contributed by atoms with Crippen LogP contribution in [-0.4, -0.2) is 19.7 Å². The van der Waals surface area contributed by atoms with Crippen LogP contribution in [0.2, 0.25) is 0 Å². The number of aromatic nitrogens is 1. The summed E-state index contributed by atoms with van der Waals surface area (Å²) in [6.45, 7) is 0. The summed E-state index contributed by atoms with van der Waals surface area (Å²) in [5.41, 5.74) is 7.97. The van der Waals surface area contributed by atoms with Crippen LogP contribution in [0.4, 0.5) is 5.69 Å². The Kier molecular flexibility index (Phi) is 2.85. The number of hydrogen-bond acceptors (Lipinski definition) is 4. The van der Waals surface area contributed by atoms with Gasteiger partial charge in [-0.15, -0.1) is 0 Å². The van der Waals surface area contributed by atoms with Crippen LogP contribution in [0.5, 0.6) is 0 Å². The van der Waals surface area contributed by atoms with Crippen molar-refractivity contribution >= 4 is 15.5 Å². The van der Waals surface area contributed by atoms with Crippen molar-refractivity contribution in [3.05, 3.63) is 42.7 Å². The Morgan fingerprint density at radius 3 is 2.24 bits per heavy atom. The van der Waals surface area contributed by atoms with Gasteiger partial charge in [-0.25, -0.2) is 8.42 Å². The zero-order valence-corrected chi connectivity index (χ0v) is 10.1. The van der Waals surface area contributed by atoms with Crippen LogP contribution in [0.25, 0.3) is 11.1 Å². The second-order valence-corrected chi connectivity index (χ2v) is 5.82. The van der Waals surface area contributed by atoms with Gasteiger partial charge in [0.15, 0.2) is 9.84 Å². The molecule has 0 bridgehead atoms. The molecule has 0 aliphatic carbocycles. The molecule has 0 fully saturated rings. The molecule has 0 unspecified atom stereocenters. The van der Waals surface area contributed by atoms with Crippen molar-refractivity contribution in [3.8, 4) is 11.1 Å². The summed E-state index contributed by atoms with van der Waals surface area (Å²) >= 11 is 0. The van der Waals surface area contributed by atoms with E-state index in [1.807, 2.05) is 0 Å². The third kappa shape index (κ3) is 2.62. The van der Waals surface area contributed by atoms with Gasteiger partial charge in [0.25, 0.3) is 0 Å². The predicted molar refractivity (Wildman–Crippen MR) is 67.2 cm³/mol. The number of nitrogens with two attached hydrogens (primary N) is 1. The largest absolute Gasteiger partial charge is 0.397 e. The highest BCUT2D eigenvalue weighted by molar-refractivity contribution is 7.90. The second-order valence-electron chi connectivity index (χ2n) is 3.80. The van der Waals surface area contributed by atoms with Gasteiger partial charge in [0.05, 0.1) is 10.6 Å². The molecule has 1 aromatic heterocycles. The highest BCUT2D eigenvalue weighted by atomic mass is 32.2. The van der Waals surface area contributed by atoms with Gasteiger partial charge in [0.1, 0.15) is 0 Å². The van der Waals surface area contributed by atoms with Crippen molar-refractivity contribution in [2.24, 2.45) is 0 Å². The molecular formula is C12H12N2O2S. The molecular weight excluding hydrogens is 236 g/mol. The fraction of sp³-hybridized carbons (Fsp3) is 0.0833. The fourth-order valence-corrected chi connectivity index (χ4v) is 2.14. The molecule has 0 saturated heterocycles. The van der Waals surface area contributed by atoms with Crippen LogP contribution in [0.1, 0.15) is 0 Å². The number of nitrogens with zero attached hydrogens (tertiary/aromatic N) is 1. The fourth-order valence-electron chi connectivity index (χ4n) is 1.51. The highest BCUT2D eigenvalue weighted by Gasteiger charge is 2.06. The van der Waals surface area contributed by atoms with E-state index in [1.54, 1.807) is 42.7 Å². The van der Waals surface area contributed by atoms with Gasteiger partial charge in [-0.1, -0.05) is 12.1 Å². The van der Waals surface area contributed by atoms with E-state index in [0.717, 1.165) is 11.1 Å². The molecule has 0 radical (unpaired) electrons. The third-order valence-corrected chi connectivity index (χ3v) is 3.50. The summed E-state index contributed by atoms with van der Waals surface area (Å²) in [6.07, 6.45) is 4.43. The first kappa shape index (κ1) is 11.6. The molecule has 88 valence electrons. The SMILES string of the molecule is CS(=O)(=O)c1ccc(-c2cncc(N)c2)cc1. The lowest BCUT2D eigenvalue weighted by Gasteiger charge is -2.03. The minimum absolute atomic E-state index is 0.304. The summed E-state index contributed by atoms with van der Waals surface area (Å²) in [7, 11) is -3.15. The average molecular weight is 248 g/mol. The third-order valence-electron chi connectivity index (χ3n) is 2.38. The molecule has 0 spiro atoms. The minimum Gasteiger partial charge on any atom is -0.397 e. The van der Waals surface area contributed by atoms with E-state index in [9.17, 15) is 8.42 Å². The maximum atomic E-state index is 11.3. The van der Waals surface area contributed by atoms with Gasteiger partial charge < -0.3 is 5.73 Å². The Morgan fingerprint density at radius 1 is 1.06 bits per heavy atom. The van der Waals surface area contributed by atoms with E-state index in [4.69, 9.17) is 5.73 Å². The van der Waals surface area contributed by atoms with E-state index in [-0.39, 0.29) is 0 Å². The number of benzene rings is 1. The Bertz CT molecular complexity index is 634. The average Bonchev–Trinajstić information content (AvgIpc) is 2.28. The molecule has 17 heavy (non-hydrogen) atoms. The summed E-state index contributed by atoms with van der Waals surface area (Å²) in [5, 5.41) is 0. The molecule has 0 aliphatic rings. The number of anilines is 1. The zero-order chi connectivity index (χ0) is 12.5. The van der Waals surface area contributed by atoms with Crippen LogP contribution < -0.4 is 5.73 Å². The monoisotopic (exact) mass is 248 g/mol. The van der Waals surface area contributed by atoms with Crippen LogP contribution >= 0.6 is 0 Å². The van der Waals surface area contributed by atoms with Crippen LogP contribution in [0.15, 0.2) is 47.6 Å². The first-order valence-corrected chi connectivity index (χ1v) is 6.87. The van der Waals surface area contributed by atoms with Gasteiger partial charge in [0.2, 0.25) is 0 Å². The van der Waals surface area contributed by atoms with Crippen molar-refractivity contribution in [1.29, 1.82) is 0 Å². The lowest BCUT2D eigenvalue weighted by Crippen LogP contribution is -1.96. The first-order chi connectivity index (χ1) is 7.97. The Labute approximate surface area is 100 Å². The highest BCUT2D eigenvalue weighted by Crippen LogP contribution is 2.21. The Balaban J connectivity index is 2.43. The van der Waals surface area contributed by atoms with Gasteiger partial charge in [-0.2, -0.15) is 0 Å². The number of sulfone groups is 1. The van der Waals surface area contributed by atoms with E-state index in [1.165, 1.54) is 6.26 Å². The molecule has 0 atom stereocenters. The Morgan fingerprint density at radius 2 is 1.71 bits per heavy atom. The Hall–Kier alpha value is -1.88. The van der Waals surface area contributed by atoms with Crippen molar-refractivity contribution in [2.45, 2.75) is 4.90 Å². The molecule has 1 aromatic carbocycles. The van der Waals surface area contributed by atoms with Crippen molar-refractivity contribution in [1.82, 2.24) is 4.98 Å². The quantitative estimate of drug-likeness (QED) is 0.878. The van der Waals surface area contributed by atoms with E-state index in [0.29, 0.717) is 10.6 Å². The second kappa shape index (κ2) is 4.18. The standard InChI is InChI=1S/C12H12N2O2S/c1-17(15,16)12-4-2-9(3-5-12)10-6-11(13)8-14-7-10/h2-8H,13H2,1H3. The molecule has 0 saturated carbocycles. The molecule has 0 amide bonds. The van der Waals surface area contributed by atoms with Crippen LogP contribution in [0.3, 0.4) is 0 Å². The van der Waals surface area contributed by atoms with E-state index in [2.05, 4.69) is 4.98 Å². The lowest BCUT2D eigenvalue weighted by atomic mass is 10.1. The number of rotatable bonds is 2. The summed E-state index contributed by atoms with van der Waals surface area (Å²) in [6, 6.07) is 8.43. The molecule has 5 heteroatoms. The van der Waals surface area contributed by atoms with Crippen molar-refractivity contribution in [3.63, 3.8) is 0 Å². The van der Waals surface area contributed by atoms with Gasteiger partial charge >= 0.3 is 0 Å². The molecule has 1 heterocycles. The predicted octanol–water partition coefficient (Wildman–Crippen LogP) is 1.73. The molecule has 2 rings (SSSR count). The van der Waals surface area contributed by atoms with E-state index >= 15 is 0 Å². The summed E-state index contributed by atoms with van der Waals surface area (Å²) in [4.78, 5) is 4.29. The normalized spacial score (nSPS) is 11.4. The van der Waals surface area contributed by atoms with E-state index < -0.39 is 9.84 Å². The molecule has 4 nitrogen and oxygen atoms in total. The summed E-state index contributed by atoms with van der Waals surface area (Å²) in [5.74, 6) is 0. The molecule has 0 aliphatic heterocycles. The molecule has 2 aromatic rings. The topological polar surface area (TPSA) is 73.0 Å². The van der Waals surface area contributed by atoms with Crippen LogP contribution in [-0.2, 0) is 9.84 Å². The maximum Gasteiger partial charge on any atom is 0.175 e. The smallest absolute Gasteiger partial charge is 0.175 e. The zero-order valence-electron chi connectivity index (χ0n) is 9.29. The number of hydrogen-bond donors (Lipinski definition) is 1. The maximum absolute atomic E-state index is 11.3. The first-order valence-electron chi connectivity index (χ1n) is 4.98. The van der Waals surface area contributed by atoms with Gasteiger partial charge in [0, 0.05) is 24.2 Å².